The molecule has 1 fully saturated rings. The summed E-state index contributed by atoms with van der Waals surface area (Å²) in [5.41, 5.74) is 0.154. The van der Waals surface area contributed by atoms with Crippen LogP contribution in [0.4, 0.5) is 0 Å². The van der Waals surface area contributed by atoms with E-state index in [1.54, 1.807) is 11.3 Å². The van der Waals surface area contributed by atoms with Gasteiger partial charge in [0.05, 0.1) is 0 Å². The highest BCUT2D eigenvalue weighted by atomic mass is 79.9. The molecule has 0 radical (unpaired) electrons. The minimum Gasteiger partial charge on any atom is -0.396 e. The zero-order valence-corrected chi connectivity index (χ0v) is 13.4. The van der Waals surface area contributed by atoms with Gasteiger partial charge >= 0.3 is 0 Å². The highest BCUT2D eigenvalue weighted by molar-refractivity contribution is 9.10. The second-order valence-corrected chi connectivity index (χ2v) is 7.53. The minimum atomic E-state index is 0.154. The molecule has 0 saturated heterocycles. The third-order valence-corrected chi connectivity index (χ3v) is 5.58. The van der Waals surface area contributed by atoms with Crippen LogP contribution in [-0.2, 0) is 6.54 Å². The van der Waals surface area contributed by atoms with Crippen LogP contribution in [0.15, 0.2) is 15.9 Å². The fraction of sp³-hybridized carbons (Fsp3) is 0.714. The van der Waals surface area contributed by atoms with Crippen molar-refractivity contribution in [3.05, 3.63) is 20.8 Å². The molecule has 1 N–H and O–H groups in total. The number of halogens is 1. The minimum absolute atomic E-state index is 0.154. The average Bonchev–Trinajstić information content (AvgIpc) is 2.75. The molecule has 0 unspecified atom stereocenters. The summed E-state index contributed by atoms with van der Waals surface area (Å²) in [4.78, 5) is 3.74. The van der Waals surface area contributed by atoms with Crippen LogP contribution in [0, 0.1) is 5.41 Å². The number of hydrogen-bond donors (Lipinski definition) is 1. The normalized spacial score (nSPS) is 19.3. The van der Waals surface area contributed by atoms with Gasteiger partial charge in [-0.15, -0.1) is 11.3 Å². The second-order valence-electron chi connectivity index (χ2n) is 5.62. The van der Waals surface area contributed by atoms with Crippen LogP contribution in [0.25, 0.3) is 0 Å². The molecular weight excluding hydrogens is 310 g/mol. The Hall–Kier alpha value is 0.1000. The summed E-state index contributed by atoms with van der Waals surface area (Å²) in [5, 5.41) is 11.9. The van der Waals surface area contributed by atoms with E-state index in [1.807, 2.05) is 0 Å². The number of nitrogens with zero attached hydrogens (tertiary/aromatic N) is 1. The van der Waals surface area contributed by atoms with Crippen molar-refractivity contribution in [1.82, 2.24) is 4.90 Å². The van der Waals surface area contributed by atoms with E-state index >= 15 is 0 Å². The number of rotatable bonds is 5. The Balaban J connectivity index is 1.90. The Bertz CT molecular complexity index is 374. The van der Waals surface area contributed by atoms with Crippen LogP contribution in [0.1, 0.15) is 37.0 Å². The second kappa shape index (κ2) is 6.51. The molecule has 0 spiro atoms. The molecule has 0 atom stereocenters. The Labute approximate surface area is 122 Å². The monoisotopic (exact) mass is 331 g/mol. The molecule has 0 bridgehead atoms. The predicted octanol–water partition coefficient (Wildman–Crippen LogP) is 3.89. The van der Waals surface area contributed by atoms with Crippen molar-refractivity contribution in [3.8, 4) is 0 Å². The van der Waals surface area contributed by atoms with Crippen LogP contribution >= 0.6 is 27.3 Å². The molecular formula is C14H22BrNOS. The molecule has 2 nitrogen and oxygen atoms in total. The summed E-state index contributed by atoms with van der Waals surface area (Å²) in [5.74, 6) is 0. The SMILES string of the molecule is CN(Cc1cc(Br)cs1)CC1(CO)CCCCC1. The Morgan fingerprint density at radius 1 is 1.39 bits per heavy atom. The van der Waals surface area contributed by atoms with Crippen molar-refractivity contribution in [3.63, 3.8) is 0 Å². The molecule has 0 aromatic carbocycles. The van der Waals surface area contributed by atoms with Crippen molar-refractivity contribution in [2.75, 3.05) is 20.2 Å². The summed E-state index contributed by atoms with van der Waals surface area (Å²) in [6.45, 7) is 2.34. The summed E-state index contributed by atoms with van der Waals surface area (Å²) in [6.07, 6.45) is 6.26. The molecule has 1 aliphatic rings. The van der Waals surface area contributed by atoms with Gasteiger partial charge in [0.1, 0.15) is 0 Å². The van der Waals surface area contributed by atoms with Gasteiger partial charge in [0.2, 0.25) is 0 Å². The highest BCUT2D eigenvalue weighted by Gasteiger charge is 2.32. The van der Waals surface area contributed by atoms with Crippen molar-refractivity contribution in [1.29, 1.82) is 0 Å². The van der Waals surface area contributed by atoms with Crippen LogP contribution in [0.3, 0.4) is 0 Å². The lowest BCUT2D eigenvalue weighted by Gasteiger charge is -2.38. The topological polar surface area (TPSA) is 23.5 Å². The van der Waals surface area contributed by atoms with Gasteiger partial charge in [-0.25, -0.2) is 0 Å². The molecule has 102 valence electrons. The molecule has 1 aliphatic carbocycles. The maximum absolute atomic E-state index is 9.73. The Morgan fingerprint density at radius 3 is 2.67 bits per heavy atom. The van der Waals surface area contributed by atoms with E-state index in [2.05, 4.69) is 39.3 Å². The first-order valence-corrected chi connectivity index (χ1v) is 8.33. The van der Waals surface area contributed by atoms with Gasteiger partial charge in [-0.3, -0.25) is 0 Å². The van der Waals surface area contributed by atoms with Gasteiger partial charge in [0.25, 0.3) is 0 Å². The standard InChI is InChI=1S/C14H22BrNOS/c1-16(8-13-7-12(15)9-18-13)10-14(11-17)5-3-2-4-6-14/h7,9,17H,2-6,8,10-11H2,1H3. The average molecular weight is 332 g/mol. The van der Waals surface area contributed by atoms with Crippen LogP contribution in [0.2, 0.25) is 0 Å². The van der Waals surface area contributed by atoms with E-state index < -0.39 is 0 Å². The molecule has 1 aromatic rings. The lowest BCUT2D eigenvalue weighted by atomic mass is 9.74. The van der Waals surface area contributed by atoms with Crippen molar-refractivity contribution < 1.29 is 5.11 Å². The van der Waals surface area contributed by atoms with Gasteiger partial charge in [-0.05, 0) is 41.9 Å². The first kappa shape index (κ1) is 14.5. The first-order chi connectivity index (χ1) is 8.63. The first-order valence-electron chi connectivity index (χ1n) is 6.66. The Morgan fingerprint density at radius 2 is 2.11 bits per heavy atom. The van der Waals surface area contributed by atoms with E-state index in [4.69, 9.17) is 0 Å². The van der Waals surface area contributed by atoms with E-state index in [1.165, 1.54) is 41.5 Å². The molecule has 4 heteroatoms. The van der Waals surface area contributed by atoms with E-state index in [9.17, 15) is 5.11 Å². The van der Waals surface area contributed by atoms with Crippen LogP contribution in [-0.4, -0.2) is 30.2 Å². The highest BCUT2D eigenvalue weighted by Crippen LogP contribution is 2.36. The predicted molar refractivity (Wildman–Crippen MR) is 81.0 cm³/mol. The zero-order valence-electron chi connectivity index (χ0n) is 11.0. The van der Waals surface area contributed by atoms with Gasteiger partial charge in [-0.2, -0.15) is 0 Å². The summed E-state index contributed by atoms with van der Waals surface area (Å²) >= 11 is 5.29. The van der Waals surface area contributed by atoms with Gasteiger partial charge in [0.15, 0.2) is 0 Å². The third kappa shape index (κ3) is 3.80. The van der Waals surface area contributed by atoms with Gasteiger partial charge in [0, 0.05) is 39.8 Å². The maximum Gasteiger partial charge on any atom is 0.0499 e. The largest absolute Gasteiger partial charge is 0.396 e. The smallest absolute Gasteiger partial charge is 0.0499 e. The molecule has 2 rings (SSSR count). The maximum atomic E-state index is 9.73. The number of aliphatic hydroxyl groups is 1. The molecule has 1 saturated carbocycles. The third-order valence-electron chi connectivity index (χ3n) is 3.90. The fourth-order valence-electron chi connectivity index (χ4n) is 3.00. The molecule has 18 heavy (non-hydrogen) atoms. The van der Waals surface area contributed by atoms with Gasteiger partial charge in [-0.1, -0.05) is 19.3 Å². The Kier molecular flexibility index (Phi) is 5.24. The number of hydrogen-bond acceptors (Lipinski definition) is 3. The van der Waals surface area contributed by atoms with Crippen LogP contribution < -0.4 is 0 Å². The quantitative estimate of drug-likeness (QED) is 0.884. The molecule has 0 aliphatic heterocycles. The molecule has 1 aromatic heterocycles. The van der Waals surface area contributed by atoms with E-state index in [0.717, 1.165) is 13.1 Å². The lowest BCUT2D eigenvalue weighted by Crippen LogP contribution is -2.39. The van der Waals surface area contributed by atoms with Crippen LogP contribution in [0.5, 0.6) is 0 Å². The zero-order chi connectivity index (χ0) is 13.0. The van der Waals surface area contributed by atoms with E-state index in [0.29, 0.717) is 6.61 Å². The van der Waals surface area contributed by atoms with E-state index in [-0.39, 0.29) is 5.41 Å². The van der Waals surface area contributed by atoms with Gasteiger partial charge < -0.3 is 10.0 Å². The summed E-state index contributed by atoms with van der Waals surface area (Å²) < 4.78 is 1.17. The lowest BCUT2D eigenvalue weighted by molar-refractivity contribution is 0.0466. The summed E-state index contributed by atoms with van der Waals surface area (Å²) in [6, 6.07) is 2.19. The van der Waals surface area contributed by atoms with Crippen molar-refractivity contribution in [2.24, 2.45) is 5.41 Å². The molecule has 1 heterocycles. The molecule has 0 amide bonds. The van der Waals surface area contributed by atoms with Crippen molar-refractivity contribution >= 4 is 27.3 Å². The summed E-state index contributed by atoms with van der Waals surface area (Å²) in [7, 11) is 2.17. The fourth-order valence-corrected chi connectivity index (χ4v) is 4.53. The van der Waals surface area contributed by atoms with Crippen molar-refractivity contribution in [2.45, 2.75) is 38.6 Å². The number of aliphatic hydroxyl groups excluding tert-OH is 1. The number of thiophene rings is 1.